The number of methoxy groups -OCH3 is 1. The molecule has 3 nitrogen and oxygen atoms in total. The number of benzene rings is 1. The first-order valence-electron chi connectivity index (χ1n) is 5.72. The fourth-order valence-corrected chi connectivity index (χ4v) is 1.18. The van der Waals surface area contributed by atoms with Gasteiger partial charge in [-0.25, -0.2) is 4.79 Å². The van der Waals surface area contributed by atoms with Crippen molar-refractivity contribution in [2.24, 2.45) is 0 Å². The minimum atomic E-state index is -0.444. The van der Waals surface area contributed by atoms with E-state index < -0.39 is 5.97 Å². The zero-order valence-electron chi connectivity index (χ0n) is 10.6. The quantitative estimate of drug-likeness (QED) is 0.353. The van der Waals surface area contributed by atoms with Crippen LogP contribution in [0, 0.1) is 11.8 Å². The molecule has 0 N–H and O–H groups in total. The molecular weight excluding hydrogens is 228 g/mol. The van der Waals surface area contributed by atoms with Crippen molar-refractivity contribution in [1.29, 1.82) is 0 Å². The molecule has 0 fully saturated rings. The summed E-state index contributed by atoms with van der Waals surface area (Å²) in [6, 6.07) is 9.68. The smallest absolute Gasteiger partial charge is 0.333 e. The first-order chi connectivity index (χ1) is 8.76. The van der Waals surface area contributed by atoms with Crippen molar-refractivity contribution in [3.05, 3.63) is 48.2 Å². The number of carbonyl (C=O) groups is 1. The lowest BCUT2D eigenvalue weighted by molar-refractivity contribution is -0.135. The van der Waals surface area contributed by atoms with E-state index in [2.05, 4.69) is 16.6 Å². The van der Waals surface area contributed by atoms with Gasteiger partial charge in [0.25, 0.3) is 0 Å². The summed E-state index contributed by atoms with van der Waals surface area (Å²) in [4.78, 5) is 10.8. The van der Waals surface area contributed by atoms with Crippen molar-refractivity contribution in [2.45, 2.75) is 19.4 Å². The maximum atomic E-state index is 10.8. The second kappa shape index (κ2) is 7.97. The first kappa shape index (κ1) is 13.9. The minimum absolute atomic E-state index is 0.230. The zero-order chi connectivity index (χ0) is 13.2. The van der Waals surface area contributed by atoms with Gasteiger partial charge in [-0.15, -0.1) is 0 Å². The number of rotatable bonds is 4. The summed E-state index contributed by atoms with van der Waals surface area (Å²) < 4.78 is 9.78. The van der Waals surface area contributed by atoms with E-state index in [9.17, 15) is 4.79 Å². The van der Waals surface area contributed by atoms with E-state index in [1.54, 1.807) is 0 Å². The molecule has 0 heterocycles. The van der Waals surface area contributed by atoms with Crippen LogP contribution in [-0.2, 0) is 14.3 Å². The van der Waals surface area contributed by atoms with E-state index in [4.69, 9.17) is 4.74 Å². The summed E-state index contributed by atoms with van der Waals surface area (Å²) in [5.41, 5.74) is 0.941. The zero-order valence-corrected chi connectivity index (χ0v) is 10.6. The molecule has 0 amide bonds. The van der Waals surface area contributed by atoms with Crippen LogP contribution in [0.2, 0.25) is 0 Å². The predicted octanol–water partition coefficient (Wildman–Crippen LogP) is 2.52. The standard InChI is InChI=1S/C15H16O3/c1-3-14(18-12-11-15(16)17-2)10-9-13-7-5-4-6-8-13/h4-8,11-12,14H,3H2,1-2H3/b12-11+. The summed E-state index contributed by atoms with van der Waals surface area (Å²) in [5, 5.41) is 0. The average molecular weight is 244 g/mol. The van der Waals surface area contributed by atoms with E-state index in [1.165, 1.54) is 19.4 Å². The third-order valence-electron chi connectivity index (χ3n) is 2.17. The molecule has 1 rings (SSSR count). The summed E-state index contributed by atoms with van der Waals surface area (Å²) in [7, 11) is 1.32. The maximum absolute atomic E-state index is 10.8. The normalized spacial score (nSPS) is 11.4. The molecular formula is C15H16O3. The molecule has 1 unspecified atom stereocenters. The van der Waals surface area contributed by atoms with Crippen LogP contribution >= 0.6 is 0 Å². The van der Waals surface area contributed by atoms with Crippen LogP contribution in [0.15, 0.2) is 42.7 Å². The van der Waals surface area contributed by atoms with Gasteiger partial charge in [0.1, 0.15) is 0 Å². The van der Waals surface area contributed by atoms with Crippen LogP contribution in [-0.4, -0.2) is 19.2 Å². The van der Waals surface area contributed by atoms with Gasteiger partial charge in [0, 0.05) is 5.56 Å². The fourth-order valence-electron chi connectivity index (χ4n) is 1.18. The summed E-state index contributed by atoms with van der Waals surface area (Å²) in [5.74, 6) is 5.58. The Balaban J connectivity index is 2.55. The van der Waals surface area contributed by atoms with Gasteiger partial charge in [-0.1, -0.05) is 37.0 Å². The molecule has 0 aromatic heterocycles. The SMILES string of the molecule is CCC(C#Cc1ccccc1)O/C=C/C(=O)OC. The highest BCUT2D eigenvalue weighted by Gasteiger charge is 1.99. The van der Waals surface area contributed by atoms with Gasteiger partial charge >= 0.3 is 5.97 Å². The third-order valence-corrected chi connectivity index (χ3v) is 2.17. The largest absolute Gasteiger partial charge is 0.485 e. The third kappa shape index (κ3) is 5.22. The second-order valence-corrected chi connectivity index (χ2v) is 3.49. The molecule has 94 valence electrons. The van der Waals surface area contributed by atoms with Gasteiger partial charge in [-0.2, -0.15) is 0 Å². The highest BCUT2D eigenvalue weighted by atomic mass is 16.5. The van der Waals surface area contributed by atoms with Crippen LogP contribution < -0.4 is 0 Å². The van der Waals surface area contributed by atoms with E-state index in [1.807, 2.05) is 37.3 Å². The topological polar surface area (TPSA) is 35.5 Å². The van der Waals surface area contributed by atoms with Crippen molar-refractivity contribution in [3.8, 4) is 11.8 Å². The lowest BCUT2D eigenvalue weighted by atomic mass is 10.2. The maximum Gasteiger partial charge on any atom is 0.333 e. The van der Waals surface area contributed by atoms with Crippen LogP contribution in [0.4, 0.5) is 0 Å². The van der Waals surface area contributed by atoms with E-state index in [0.29, 0.717) is 0 Å². The molecule has 0 saturated carbocycles. The summed E-state index contributed by atoms with van der Waals surface area (Å²) in [6.07, 6.45) is 3.06. The van der Waals surface area contributed by atoms with Gasteiger partial charge in [0.15, 0.2) is 6.10 Å². The van der Waals surface area contributed by atoms with E-state index in [0.717, 1.165) is 12.0 Å². The van der Waals surface area contributed by atoms with Crippen molar-refractivity contribution in [3.63, 3.8) is 0 Å². The highest BCUT2D eigenvalue weighted by Crippen LogP contribution is 2.00. The Morgan fingerprint density at radius 3 is 2.72 bits per heavy atom. The lowest BCUT2D eigenvalue weighted by Crippen LogP contribution is -2.05. The molecule has 1 atom stereocenters. The molecule has 1 aromatic rings. The van der Waals surface area contributed by atoms with Crippen molar-refractivity contribution in [2.75, 3.05) is 7.11 Å². The van der Waals surface area contributed by atoms with Gasteiger partial charge in [0.2, 0.25) is 0 Å². The van der Waals surface area contributed by atoms with Gasteiger partial charge in [0.05, 0.1) is 19.4 Å². The van der Waals surface area contributed by atoms with Crippen LogP contribution in [0.5, 0.6) is 0 Å². The Bertz CT molecular complexity index is 452. The molecule has 3 heteroatoms. The highest BCUT2D eigenvalue weighted by molar-refractivity contribution is 5.81. The molecule has 0 bridgehead atoms. The Hall–Kier alpha value is -2.21. The van der Waals surface area contributed by atoms with Crippen LogP contribution in [0.3, 0.4) is 0 Å². The van der Waals surface area contributed by atoms with Crippen LogP contribution in [0.25, 0.3) is 0 Å². The van der Waals surface area contributed by atoms with Crippen molar-refractivity contribution < 1.29 is 14.3 Å². The molecule has 1 aromatic carbocycles. The molecule has 0 aliphatic carbocycles. The summed E-state index contributed by atoms with van der Waals surface area (Å²) >= 11 is 0. The number of hydrogen-bond acceptors (Lipinski definition) is 3. The lowest BCUT2D eigenvalue weighted by Gasteiger charge is -2.06. The van der Waals surface area contributed by atoms with Gasteiger partial charge < -0.3 is 9.47 Å². The summed E-state index contributed by atoms with van der Waals surface area (Å²) in [6.45, 7) is 1.97. The molecule has 0 spiro atoms. The minimum Gasteiger partial charge on any atom is -0.485 e. The number of hydrogen-bond donors (Lipinski definition) is 0. The molecule has 0 saturated heterocycles. The fraction of sp³-hybridized carbons (Fsp3) is 0.267. The second-order valence-electron chi connectivity index (χ2n) is 3.49. The van der Waals surface area contributed by atoms with E-state index >= 15 is 0 Å². The van der Waals surface area contributed by atoms with Crippen molar-refractivity contribution >= 4 is 5.97 Å². The number of ether oxygens (including phenoxy) is 2. The van der Waals surface area contributed by atoms with Gasteiger partial charge in [-0.3, -0.25) is 0 Å². The Morgan fingerprint density at radius 2 is 2.11 bits per heavy atom. The van der Waals surface area contributed by atoms with E-state index in [-0.39, 0.29) is 6.10 Å². The molecule has 0 radical (unpaired) electrons. The number of esters is 1. The average Bonchev–Trinajstić information content (AvgIpc) is 2.43. The first-order valence-corrected chi connectivity index (χ1v) is 5.72. The van der Waals surface area contributed by atoms with Crippen LogP contribution in [0.1, 0.15) is 18.9 Å². The Morgan fingerprint density at radius 1 is 1.39 bits per heavy atom. The molecule has 18 heavy (non-hydrogen) atoms. The van der Waals surface area contributed by atoms with Crippen molar-refractivity contribution in [1.82, 2.24) is 0 Å². The Labute approximate surface area is 107 Å². The predicted molar refractivity (Wildman–Crippen MR) is 69.6 cm³/mol. The Kier molecular flexibility index (Phi) is 6.13. The van der Waals surface area contributed by atoms with Gasteiger partial charge in [-0.05, 0) is 18.6 Å². The molecule has 0 aliphatic heterocycles. The molecule has 0 aliphatic rings. The monoisotopic (exact) mass is 244 g/mol. The number of carbonyl (C=O) groups excluding carboxylic acids is 1.